The fraction of sp³-hybridized carbons (Fsp3) is 0.333. The van der Waals surface area contributed by atoms with E-state index in [1.165, 1.54) is 12.1 Å². The summed E-state index contributed by atoms with van der Waals surface area (Å²) in [7, 11) is -3.78. The molecule has 0 aromatic heterocycles. The van der Waals surface area contributed by atoms with Crippen LogP contribution in [-0.2, 0) is 15.6 Å². The van der Waals surface area contributed by atoms with Gasteiger partial charge in [-0.2, -0.15) is 4.72 Å². The standard InChI is InChI=1S/C18H20ClNO3S/c19-16-9-11-17(12-10-16)24(22,23)20-18(13-21,15-7-4-8-15)14-5-2-1-3-6-14/h1-3,5-6,9-12,15,20-21H,4,7-8,13H2. The van der Waals surface area contributed by atoms with Gasteiger partial charge in [-0.25, -0.2) is 8.42 Å². The van der Waals surface area contributed by atoms with Crippen molar-refractivity contribution in [3.05, 3.63) is 65.2 Å². The third-order valence-corrected chi connectivity index (χ3v) is 6.56. The molecule has 2 N–H and O–H groups in total. The fourth-order valence-electron chi connectivity index (χ4n) is 3.18. The number of rotatable bonds is 6. The van der Waals surface area contributed by atoms with E-state index in [0.717, 1.165) is 24.8 Å². The molecule has 6 heteroatoms. The molecular formula is C18H20ClNO3S. The first-order valence-corrected chi connectivity index (χ1v) is 9.80. The molecule has 2 aromatic carbocycles. The number of hydrogen-bond acceptors (Lipinski definition) is 3. The Bertz CT molecular complexity index is 789. The van der Waals surface area contributed by atoms with Crippen LogP contribution in [0.15, 0.2) is 59.5 Å². The first kappa shape index (κ1) is 17.4. The second kappa shape index (κ2) is 6.84. The maximum Gasteiger partial charge on any atom is 0.241 e. The van der Waals surface area contributed by atoms with E-state index in [4.69, 9.17) is 11.6 Å². The highest BCUT2D eigenvalue weighted by Gasteiger charge is 2.45. The van der Waals surface area contributed by atoms with Crippen LogP contribution in [-0.4, -0.2) is 20.1 Å². The minimum atomic E-state index is -3.78. The van der Waals surface area contributed by atoms with Crippen molar-refractivity contribution in [1.82, 2.24) is 4.72 Å². The fourth-order valence-corrected chi connectivity index (χ4v) is 4.75. The number of halogens is 1. The quantitative estimate of drug-likeness (QED) is 0.825. The van der Waals surface area contributed by atoms with Crippen molar-refractivity contribution in [3.63, 3.8) is 0 Å². The molecular weight excluding hydrogens is 346 g/mol. The van der Waals surface area contributed by atoms with Gasteiger partial charge in [0.25, 0.3) is 0 Å². The van der Waals surface area contributed by atoms with Crippen LogP contribution in [0.5, 0.6) is 0 Å². The molecule has 1 aliphatic carbocycles. The summed E-state index contributed by atoms with van der Waals surface area (Å²) >= 11 is 5.84. The van der Waals surface area contributed by atoms with E-state index in [9.17, 15) is 13.5 Å². The Morgan fingerprint density at radius 2 is 1.71 bits per heavy atom. The first-order valence-electron chi connectivity index (χ1n) is 7.94. The molecule has 0 radical (unpaired) electrons. The molecule has 1 aliphatic rings. The van der Waals surface area contributed by atoms with Crippen LogP contribution < -0.4 is 4.72 Å². The average molecular weight is 366 g/mol. The van der Waals surface area contributed by atoms with E-state index in [2.05, 4.69) is 4.72 Å². The number of hydrogen-bond donors (Lipinski definition) is 2. The molecule has 1 saturated carbocycles. The molecule has 2 aromatic rings. The Morgan fingerprint density at radius 1 is 1.08 bits per heavy atom. The van der Waals surface area contributed by atoms with Crippen molar-refractivity contribution < 1.29 is 13.5 Å². The van der Waals surface area contributed by atoms with Gasteiger partial charge in [-0.15, -0.1) is 0 Å². The number of aliphatic hydroxyl groups excluding tert-OH is 1. The highest BCUT2D eigenvalue weighted by atomic mass is 35.5. The van der Waals surface area contributed by atoms with Crippen molar-refractivity contribution >= 4 is 21.6 Å². The minimum absolute atomic E-state index is 0.0759. The number of aliphatic hydroxyl groups is 1. The Hall–Kier alpha value is -1.40. The van der Waals surface area contributed by atoms with E-state index < -0.39 is 15.6 Å². The van der Waals surface area contributed by atoms with Gasteiger partial charge in [0.15, 0.2) is 0 Å². The Labute approximate surface area is 147 Å². The number of sulfonamides is 1. The molecule has 1 atom stereocenters. The molecule has 24 heavy (non-hydrogen) atoms. The molecule has 0 saturated heterocycles. The predicted molar refractivity (Wildman–Crippen MR) is 94.3 cm³/mol. The summed E-state index contributed by atoms with van der Waals surface area (Å²) in [5.41, 5.74) is -0.215. The summed E-state index contributed by atoms with van der Waals surface area (Å²) in [5.74, 6) is 0.0759. The zero-order valence-electron chi connectivity index (χ0n) is 13.2. The van der Waals surface area contributed by atoms with E-state index in [-0.39, 0.29) is 17.4 Å². The molecule has 1 unspecified atom stereocenters. The van der Waals surface area contributed by atoms with Crippen molar-refractivity contribution in [2.24, 2.45) is 5.92 Å². The van der Waals surface area contributed by atoms with Crippen molar-refractivity contribution in [2.45, 2.75) is 29.7 Å². The SMILES string of the molecule is O=S(=O)(NC(CO)(c1ccccc1)C1CCC1)c1ccc(Cl)cc1. The van der Waals surface area contributed by atoms with Gasteiger partial charge >= 0.3 is 0 Å². The van der Waals surface area contributed by atoms with E-state index >= 15 is 0 Å². The Kier molecular flexibility index (Phi) is 4.97. The lowest BCUT2D eigenvalue weighted by Crippen LogP contribution is -2.55. The molecule has 0 heterocycles. The van der Waals surface area contributed by atoms with Gasteiger partial charge in [-0.1, -0.05) is 48.4 Å². The van der Waals surface area contributed by atoms with Crippen LogP contribution in [0.1, 0.15) is 24.8 Å². The van der Waals surface area contributed by atoms with Gasteiger partial charge < -0.3 is 5.11 Å². The van der Waals surface area contributed by atoms with Gasteiger partial charge in [0.2, 0.25) is 10.0 Å². The van der Waals surface area contributed by atoms with Crippen LogP contribution >= 0.6 is 11.6 Å². The maximum atomic E-state index is 12.9. The van der Waals surface area contributed by atoms with Gasteiger partial charge in [-0.3, -0.25) is 0 Å². The van der Waals surface area contributed by atoms with Crippen LogP contribution in [0.25, 0.3) is 0 Å². The second-order valence-electron chi connectivity index (χ2n) is 6.18. The van der Waals surface area contributed by atoms with E-state index in [0.29, 0.717) is 5.02 Å². The monoisotopic (exact) mass is 365 g/mol. The van der Waals surface area contributed by atoms with E-state index in [1.807, 2.05) is 30.3 Å². The topological polar surface area (TPSA) is 66.4 Å². The molecule has 1 fully saturated rings. The maximum absolute atomic E-state index is 12.9. The van der Waals surface area contributed by atoms with Crippen LogP contribution in [0.2, 0.25) is 5.02 Å². The van der Waals surface area contributed by atoms with Crippen molar-refractivity contribution in [1.29, 1.82) is 0 Å². The lowest BCUT2D eigenvalue weighted by Gasteiger charge is -2.45. The highest BCUT2D eigenvalue weighted by Crippen LogP contribution is 2.43. The highest BCUT2D eigenvalue weighted by molar-refractivity contribution is 7.89. The molecule has 0 amide bonds. The summed E-state index contributed by atoms with van der Waals surface area (Å²) in [6, 6.07) is 15.3. The normalized spacial score (nSPS) is 17.9. The number of nitrogens with one attached hydrogen (secondary N) is 1. The minimum Gasteiger partial charge on any atom is -0.394 e. The summed E-state index contributed by atoms with van der Waals surface area (Å²) in [4.78, 5) is 0.139. The summed E-state index contributed by atoms with van der Waals surface area (Å²) in [6.45, 7) is -0.283. The number of benzene rings is 2. The molecule has 0 aliphatic heterocycles. The zero-order chi connectivity index (χ0) is 17.2. The molecule has 0 bridgehead atoms. The molecule has 4 nitrogen and oxygen atoms in total. The van der Waals surface area contributed by atoms with Crippen molar-refractivity contribution in [3.8, 4) is 0 Å². The van der Waals surface area contributed by atoms with Gasteiger partial charge in [0.05, 0.1) is 17.0 Å². The zero-order valence-corrected chi connectivity index (χ0v) is 14.7. The summed E-state index contributed by atoms with van der Waals surface area (Å²) in [6.07, 6.45) is 2.82. The third kappa shape index (κ3) is 3.22. The van der Waals surface area contributed by atoms with Crippen LogP contribution in [0.3, 0.4) is 0 Å². The predicted octanol–water partition coefficient (Wildman–Crippen LogP) is 3.31. The second-order valence-corrected chi connectivity index (χ2v) is 8.30. The van der Waals surface area contributed by atoms with E-state index in [1.54, 1.807) is 12.1 Å². The largest absolute Gasteiger partial charge is 0.394 e. The lowest BCUT2D eigenvalue weighted by atomic mass is 9.68. The van der Waals surface area contributed by atoms with Crippen molar-refractivity contribution in [2.75, 3.05) is 6.61 Å². The lowest BCUT2D eigenvalue weighted by molar-refractivity contribution is 0.0761. The molecule has 3 rings (SSSR count). The van der Waals surface area contributed by atoms with Crippen LogP contribution in [0.4, 0.5) is 0 Å². The Morgan fingerprint density at radius 3 is 2.21 bits per heavy atom. The van der Waals surface area contributed by atoms with Crippen LogP contribution in [0, 0.1) is 5.92 Å². The molecule has 128 valence electrons. The smallest absolute Gasteiger partial charge is 0.241 e. The summed E-state index contributed by atoms with van der Waals surface area (Å²) < 4.78 is 28.5. The molecule has 0 spiro atoms. The van der Waals surface area contributed by atoms with Gasteiger partial charge in [0, 0.05) is 5.02 Å². The Balaban J connectivity index is 2.02. The average Bonchev–Trinajstić information content (AvgIpc) is 2.53. The van der Waals surface area contributed by atoms with Gasteiger partial charge in [-0.05, 0) is 48.6 Å². The first-order chi connectivity index (χ1) is 11.5. The van der Waals surface area contributed by atoms with Gasteiger partial charge in [0.1, 0.15) is 0 Å². The third-order valence-electron chi connectivity index (χ3n) is 4.78. The summed E-state index contributed by atoms with van der Waals surface area (Å²) in [5, 5.41) is 10.6.